The Kier molecular flexibility index (Phi) is 6.16. The highest BCUT2D eigenvalue weighted by Gasteiger charge is 2.08. The molecule has 1 amide bonds. The number of nitrogens with one attached hydrogen (secondary N) is 2. The van der Waals surface area contributed by atoms with E-state index in [1.165, 1.54) is 0 Å². The Morgan fingerprint density at radius 1 is 1.33 bits per heavy atom. The number of carbonyl (C=O) groups is 1. The first-order valence-corrected chi connectivity index (χ1v) is 6.62. The normalized spacial score (nSPS) is 12.5. The molecule has 4 heteroatoms. The van der Waals surface area contributed by atoms with Crippen molar-refractivity contribution in [2.75, 3.05) is 13.1 Å². The van der Waals surface area contributed by atoms with Crippen LogP contribution in [0.4, 0.5) is 0 Å². The van der Waals surface area contributed by atoms with Crippen molar-refractivity contribution in [3.63, 3.8) is 0 Å². The summed E-state index contributed by atoms with van der Waals surface area (Å²) >= 11 is 5.93. The summed E-state index contributed by atoms with van der Waals surface area (Å²) in [4.78, 5) is 11.6. The summed E-state index contributed by atoms with van der Waals surface area (Å²) < 4.78 is 0. The number of amides is 1. The van der Waals surface area contributed by atoms with Gasteiger partial charge in [0.15, 0.2) is 0 Å². The van der Waals surface area contributed by atoms with Crippen molar-refractivity contribution in [2.24, 2.45) is 5.92 Å². The van der Waals surface area contributed by atoms with E-state index in [0.717, 1.165) is 5.56 Å². The third-order valence-electron chi connectivity index (χ3n) is 2.62. The summed E-state index contributed by atoms with van der Waals surface area (Å²) in [6.45, 7) is 7.19. The molecule has 0 spiro atoms. The predicted molar refractivity (Wildman–Crippen MR) is 75.7 cm³/mol. The summed E-state index contributed by atoms with van der Waals surface area (Å²) in [5.74, 6) is 0.497. The highest BCUT2D eigenvalue weighted by Crippen LogP contribution is 2.16. The van der Waals surface area contributed by atoms with Gasteiger partial charge in [-0.25, -0.2) is 0 Å². The summed E-state index contributed by atoms with van der Waals surface area (Å²) in [6.07, 6.45) is 0. The molecule has 1 rings (SSSR count). The van der Waals surface area contributed by atoms with Crippen LogP contribution in [0.1, 0.15) is 32.4 Å². The van der Waals surface area contributed by atoms with Crippen molar-refractivity contribution < 1.29 is 4.79 Å². The molecule has 0 heterocycles. The fraction of sp³-hybridized carbons (Fsp3) is 0.500. The van der Waals surface area contributed by atoms with Crippen LogP contribution in [0.5, 0.6) is 0 Å². The van der Waals surface area contributed by atoms with E-state index in [4.69, 9.17) is 11.6 Å². The van der Waals surface area contributed by atoms with Gasteiger partial charge in [0.2, 0.25) is 5.91 Å². The second-order valence-corrected chi connectivity index (χ2v) is 5.29. The van der Waals surface area contributed by atoms with Gasteiger partial charge in [0.05, 0.1) is 6.54 Å². The molecule has 1 aromatic rings. The Labute approximate surface area is 114 Å². The second kappa shape index (κ2) is 7.39. The molecule has 0 aliphatic carbocycles. The molecule has 2 N–H and O–H groups in total. The van der Waals surface area contributed by atoms with Crippen LogP contribution < -0.4 is 10.6 Å². The Morgan fingerprint density at radius 3 is 2.67 bits per heavy atom. The SMILES string of the molecule is CC(C)CNC(=O)CN[C@@H](C)c1cccc(Cl)c1. The monoisotopic (exact) mass is 268 g/mol. The zero-order chi connectivity index (χ0) is 13.5. The van der Waals surface area contributed by atoms with Crippen LogP contribution in [0.2, 0.25) is 5.02 Å². The lowest BCUT2D eigenvalue weighted by atomic mass is 10.1. The Morgan fingerprint density at radius 2 is 2.06 bits per heavy atom. The van der Waals surface area contributed by atoms with Gasteiger partial charge in [-0.15, -0.1) is 0 Å². The van der Waals surface area contributed by atoms with Crippen LogP contribution in [-0.4, -0.2) is 19.0 Å². The van der Waals surface area contributed by atoms with E-state index >= 15 is 0 Å². The fourth-order valence-corrected chi connectivity index (χ4v) is 1.72. The molecule has 0 aromatic heterocycles. The quantitative estimate of drug-likeness (QED) is 0.833. The molecule has 0 saturated heterocycles. The van der Waals surface area contributed by atoms with E-state index in [2.05, 4.69) is 24.5 Å². The molecular weight excluding hydrogens is 248 g/mol. The maximum atomic E-state index is 11.6. The van der Waals surface area contributed by atoms with Crippen LogP contribution >= 0.6 is 11.6 Å². The standard InChI is InChI=1S/C14H21ClN2O/c1-10(2)8-17-14(18)9-16-11(3)12-5-4-6-13(15)7-12/h4-7,10-11,16H,8-9H2,1-3H3,(H,17,18)/t11-/m0/s1. The summed E-state index contributed by atoms with van der Waals surface area (Å²) in [7, 11) is 0. The number of hydrogen-bond donors (Lipinski definition) is 2. The lowest BCUT2D eigenvalue weighted by Crippen LogP contribution is -2.36. The molecule has 3 nitrogen and oxygen atoms in total. The van der Waals surface area contributed by atoms with Gasteiger partial charge in [0, 0.05) is 17.6 Å². The van der Waals surface area contributed by atoms with E-state index in [9.17, 15) is 4.79 Å². The lowest BCUT2D eigenvalue weighted by molar-refractivity contribution is -0.120. The van der Waals surface area contributed by atoms with E-state index in [0.29, 0.717) is 24.0 Å². The van der Waals surface area contributed by atoms with Crippen molar-refractivity contribution >= 4 is 17.5 Å². The van der Waals surface area contributed by atoms with Crippen LogP contribution in [0.15, 0.2) is 24.3 Å². The van der Waals surface area contributed by atoms with Crippen LogP contribution in [0, 0.1) is 5.92 Å². The topological polar surface area (TPSA) is 41.1 Å². The lowest BCUT2D eigenvalue weighted by Gasteiger charge is -2.15. The minimum absolute atomic E-state index is 0.0255. The van der Waals surface area contributed by atoms with Gasteiger partial charge in [0.1, 0.15) is 0 Å². The van der Waals surface area contributed by atoms with E-state index in [1.807, 2.05) is 31.2 Å². The van der Waals surface area contributed by atoms with Gasteiger partial charge >= 0.3 is 0 Å². The average Bonchev–Trinajstić information content (AvgIpc) is 2.33. The zero-order valence-electron chi connectivity index (χ0n) is 11.2. The second-order valence-electron chi connectivity index (χ2n) is 4.86. The highest BCUT2D eigenvalue weighted by molar-refractivity contribution is 6.30. The van der Waals surface area contributed by atoms with Crippen molar-refractivity contribution in [3.05, 3.63) is 34.9 Å². The fourth-order valence-electron chi connectivity index (χ4n) is 1.52. The van der Waals surface area contributed by atoms with E-state index < -0.39 is 0 Å². The molecule has 0 aliphatic rings. The third kappa shape index (κ3) is 5.52. The Hall–Kier alpha value is -1.06. The molecular formula is C14H21ClN2O. The molecule has 0 aliphatic heterocycles. The minimum Gasteiger partial charge on any atom is -0.355 e. The smallest absolute Gasteiger partial charge is 0.233 e. The molecule has 100 valence electrons. The van der Waals surface area contributed by atoms with Crippen molar-refractivity contribution in [1.82, 2.24) is 10.6 Å². The van der Waals surface area contributed by atoms with Crippen LogP contribution in [-0.2, 0) is 4.79 Å². The van der Waals surface area contributed by atoms with Gasteiger partial charge in [-0.3, -0.25) is 4.79 Å². The number of halogens is 1. The van der Waals surface area contributed by atoms with E-state index in [1.54, 1.807) is 0 Å². The zero-order valence-corrected chi connectivity index (χ0v) is 11.9. The average molecular weight is 269 g/mol. The number of benzene rings is 1. The first-order chi connectivity index (χ1) is 8.49. The Bertz CT molecular complexity index is 393. The highest BCUT2D eigenvalue weighted by atomic mass is 35.5. The molecule has 18 heavy (non-hydrogen) atoms. The van der Waals surface area contributed by atoms with Gasteiger partial charge in [-0.2, -0.15) is 0 Å². The van der Waals surface area contributed by atoms with Gasteiger partial charge < -0.3 is 10.6 Å². The minimum atomic E-state index is 0.0255. The van der Waals surface area contributed by atoms with Gasteiger partial charge in [-0.05, 0) is 30.5 Å². The van der Waals surface area contributed by atoms with Crippen molar-refractivity contribution in [3.8, 4) is 0 Å². The van der Waals surface area contributed by atoms with Crippen molar-refractivity contribution in [1.29, 1.82) is 0 Å². The predicted octanol–water partition coefficient (Wildman–Crippen LogP) is 2.76. The van der Waals surface area contributed by atoms with Crippen LogP contribution in [0.25, 0.3) is 0 Å². The maximum absolute atomic E-state index is 11.6. The number of hydrogen-bond acceptors (Lipinski definition) is 2. The molecule has 0 unspecified atom stereocenters. The van der Waals surface area contributed by atoms with Crippen molar-refractivity contribution in [2.45, 2.75) is 26.8 Å². The summed E-state index contributed by atoms with van der Waals surface area (Å²) in [5, 5.41) is 6.77. The third-order valence-corrected chi connectivity index (χ3v) is 2.86. The van der Waals surface area contributed by atoms with E-state index in [-0.39, 0.29) is 11.9 Å². The number of rotatable bonds is 6. The first kappa shape index (κ1) is 15.0. The largest absolute Gasteiger partial charge is 0.355 e. The molecule has 0 bridgehead atoms. The molecule has 0 saturated carbocycles. The van der Waals surface area contributed by atoms with Gasteiger partial charge in [-0.1, -0.05) is 37.6 Å². The maximum Gasteiger partial charge on any atom is 0.233 e. The molecule has 0 radical (unpaired) electrons. The molecule has 1 aromatic carbocycles. The first-order valence-electron chi connectivity index (χ1n) is 6.24. The molecule has 0 fully saturated rings. The molecule has 1 atom stereocenters. The number of carbonyl (C=O) groups excluding carboxylic acids is 1. The summed E-state index contributed by atoms with van der Waals surface area (Å²) in [5.41, 5.74) is 1.08. The summed E-state index contributed by atoms with van der Waals surface area (Å²) in [6, 6.07) is 7.76. The van der Waals surface area contributed by atoms with Gasteiger partial charge in [0.25, 0.3) is 0 Å². The van der Waals surface area contributed by atoms with Crippen LogP contribution in [0.3, 0.4) is 0 Å². The Balaban J connectivity index is 2.37.